The third kappa shape index (κ3) is 8.30. The van der Waals surface area contributed by atoms with Crippen molar-refractivity contribution in [2.45, 2.75) is 72.5 Å². The summed E-state index contributed by atoms with van der Waals surface area (Å²) in [6.07, 6.45) is 14.1. The van der Waals surface area contributed by atoms with Gasteiger partial charge in [-0.2, -0.15) is 0 Å². The maximum atomic E-state index is 11.2. The summed E-state index contributed by atoms with van der Waals surface area (Å²) in [4.78, 5) is 11.2. The predicted octanol–water partition coefficient (Wildman–Crippen LogP) is 5.64. The molecule has 1 atom stereocenters. The molecule has 0 amide bonds. The number of carbonyl (C=O) groups excluding carboxylic acids is 1. The SMILES string of the molecule is COC1OC(=O)C=C1CC/C=C(\C)CC/C=C(\C)CCC=C(C)C. The molecular formula is C21H32O3. The number of allylic oxidation sites excluding steroid dienone is 6. The zero-order valence-corrected chi connectivity index (χ0v) is 15.9. The highest BCUT2D eigenvalue weighted by Gasteiger charge is 2.24. The first-order chi connectivity index (χ1) is 11.4. The summed E-state index contributed by atoms with van der Waals surface area (Å²) >= 11 is 0. The van der Waals surface area contributed by atoms with Crippen molar-refractivity contribution in [3.05, 3.63) is 46.6 Å². The summed E-state index contributed by atoms with van der Waals surface area (Å²) in [5.41, 5.74) is 5.18. The van der Waals surface area contributed by atoms with Crippen LogP contribution in [0.2, 0.25) is 0 Å². The van der Waals surface area contributed by atoms with Crippen molar-refractivity contribution in [2.75, 3.05) is 7.11 Å². The maximum absolute atomic E-state index is 11.2. The maximum Gasteiger partial charge on any atom is 0.333 e. The molecular weight excluding hydrogens is 300 g/mol. The Hall–Kier alpha value is -1.61. The molecule has 0 spiro atoms. The second kappa shape index (κ2) is 11.0. The van der Waals surface area contributed by atoms with Gasteiger partial charge in [-0.1, -0.05) is 34.9 Å². The van der Waals surface area contributed by atoms with E-state index in [-0.39, 0.29) is 5.97 Å². The number of carbonyl (C=O) groups is 1. The Morgan fingerprint density at radius 3 is 2.21 bits per heavy atom. The minimum absolute atomic E-state index is 0.300. The Labute approximate surface area is 147 Å². The number of hydrogen-bond acceptors (Lipinski definition) is 3. The molecule has 0 radical (unpaired) electrons. The first-order valence-electron chi connectivity index (χ1n) is 8.81. The smallest absolute Gasteiger partial charge is 0.333 e. The molecule has 0 fully saturated rings. The molecule has 0 N–H and O–H groups in total. The lowest BCUT2D eigenvalue weighted by Crippen LogP contribution is -2.13. The summed E-state index contributed by atoms with van der Waals surface area (Å²) in [5.74, 6) is -0.300. The van der Waals surface area contributed by atoms with Crippen LogP contribution in [0.5, 0.6) is 0 Å². The van der Waals surface area contributed by atoms with Gasteiger partial charge in [-0.3, -0.25) is 0 Å². The molecule has 24 heavy (non-hydrogen) atoms. The van der Waals surface area contributed by atoms with Crippen molar-refractivity contribution in [3.63, 3.8) is 0 Å². The first-order valence-corrected chi connectivity index (χ1v) is 8.81. The topological polar surface area (TPSA) is 35.5 Å². The molecule has 0 aromatic rings. The molecule has 3 heteroatoms. The van der Waals surface area contributed by atoms with Gasteiger partial charge in [0, 0.05) is 18.8 Å². The van der Waals surface area contributed by atoms with E-state index < -0.39 is 6.29 Å². The zero-order valence-electron chi connectivity index (χ0n) is 15.9. The molecule has 0 saturated carbocycles. The lowest BCUT2D eigenvalue weighted by atomic mass is 10.0. The highest BCUT2D eigenvalue weighted by molar-refractivity contribution is 5.85. The van der Waals surface area contributed by atoms with Crippen molar-refractivity contribution < 1.29 is 14.3 Å². The summed E-state index contributed by atoms with van der Waals surface area (Å²) in [7, 11) is 1.56. The molecule has 0 bridgehead atoms. The molecule has 134 valence electrons. The first kappa shape index (κ1) is 20.4. The third-order valence-electron chi connectivity index (χ3n) is 4.09. The second-order valence-electron chi connectivity index (χ2n) is 6.72. The van der Waals surface area contributed by atoms with Crippen molar-refractivity contribution in [2.24, 2.45) is 0 Å². The average molecular weight is 332 g/mol. The van der Waals surface area contributed by atoms with Gasteiger partial charge >= 0.3 is 5.97 Å². The summed E-state index contributed by atoms with van der Waals surface area (Å²) in [6.45, 7) is 8.68. The van der Waals surface area contributed by atoms with Gasteiger partial charge in [-0.05, 0) is 66.2 Å². The monoisotopic (exact) mass is 332 g/mol. The number of hydrogen-bond donors (Lipinski definition) is 0. The van der Waals surface area contributed by atoms with Crippen LogP contribution in [-0.4, -0.2) is 19.4 Å². The molecule has 1 aliphatic rings. The van der Waals surface area contributed by atoms with Gasteiger partial charge in [0.25, 0.3) is 0 Å². The molecule has 1 aliphatic heterocycles. The number of rotatable bonds is 10. The molecule has 1 rings (SSSR count). The van der Waals surface area contributed by atoms with Crippen LogP contribution >= 0.6 is 0 Å². The fraction of sp³-hybridized carbons (Fsp3) is 0.571. The molecule has 0 aromatic carbocycles. The largest absolute Gasteiger partial charge is 0.428 e. The van der Waals surface area contributed by atoms with E-state index >= 15 is 0 Å². The van der Waals surface area contributed by atoms with Gasteiger partial charge < -0.3 is 9.47 Å². The van der Waals surface area contributed by atoms with E-state index in [1.165, 1.54) is 16.7 Å². The molecule has 3 nitrogen and oxygen atoms in total. The Balaban J connectivity index is 2.28. The van der Waals surface area contributed by atoms with Crippen LogP contribution < -0.4 is 0 Å². The predicted molar refractivity (Wildman–Crippen MR) is 99.6 cm³/mol. The summed E-state index contributed by atoms with van der Waals surface area (Å²) in [6, 6.07) is 0. The van der Waals surface area contributed by atoms with E-state index in [9.17, 15) is 4.79 Å². The van der Waals surface area contributed by atoms with E-state index in [1.54, 1.807) is 13.2 Å². The van der Waals surface area contributed by atoms with Gasteiger partial charge in [0.2, 0.25) is 6.29 Å². The quantitative estimate of drug-likeness (QED) is 0.383. The summed E-state index contributed by atoms with van der Waals surface area (Å²) < 4.78 is 10.2. The number of methoxy groups -OCH3 is 1. The van der Waals surface area contributed by atoms with Crippen LogP contribution in [0, 0.1) is 0 Å². The molecule has 0 aliphatic carbocycles. The third-order valence-corrected chi connectivity index (χ3v) is 4.09. The van der Waals surface area contributed by atoms with Gasteiger partial charge in [0.05, 0.1) is 0 Å². The second-order valence-corrected chi connectivity index (χ2v) is 6.72. The normalized spacial score (nSPS) is 18.5. The van der Waals surface area contributed by atoms with Crippen molar-refractivity contribution in [3.8, 4) is 0 Å². The molecule has 1 unspecified atom stereocenters. The Bertz CT molecular complexity index is 531. The van der Waals surface area contributed by atoms with Crippen LogP contribution in [0.3, 0.4) is 0 Å². The number of cyclic esters (lactones) is 1. The Morgan fingerprint density at radius 1 is 1.04 bits per heavy atom. The minimum atomic E-state index is -0.488. The van der Waals surface area contributed by atoms with E-state index in [1.807, 2.05) is 0 Å². The molecule has 0 saturated heterocycles. The number of ether oxygens (including phenoxy) is 2. The highest BCUT2D eigenvalue weighted by Crippen LogP contribution is 2.22. The van der Waals surface area contributed by atoms with Crippen LogP contribution in [0.15, 0.2) is 46.6 Å². The van der Waals surface area contributed by atoms with E-state index in [4.69, 9.17) is 9.47 Å². The Kier molecular flexibility index (Phi) is 9.39. The minimum Gasteiger partial charge on any atom is -0.428 e. The summed E-state index contributed by atoms with van der Waals surface area (Å²) in [5, 5.41) is 0. The van der Waals surface area contributed by atoms with E-state index in [0.717, 1.165) is 44.1 Å². The number of esters is 1. The van der Waals surface area contributed by atoms with Crippen LogP contribution in [-0.2, 0) is 14.3 Å². The van der Waals surface area contributed by atoms with Crippen LogP contribution in [0.25, 0.3) is 0 Å². The van der Waals surface area contributed by atoms with Crippen molar-refractivity contribution >= 4 is 5.97 Å². The fourth-order valence-corrected chi connectivity index (χ4v) is 2.65. The fourth-order valence-electron chi connectivity index (χ4n) is 2.65. The Morgan fingerprint density at radius 2 is 1.62 bits per heavy atom. The average Bonchev–Trinajstić information content (AvgIpc) is 2.87. The van der Waals surface area contributed by atoms with Crippen molar-refractivity contribution in [1.82, 2.24) is 0 Å². The standard InChI is InChI=1S/C21H32O3/c1-16(2)9-6-10-17(3)11-7-12-18(4)13-8-14-19-15-20(22)24-21(19)23-5/h9,11,13,15,21H,6-8,10,12,14H2,1-5H3/b17-11+,18-13+. The lowest BCUT2D eigenvalue weighted by molar-refractivity contribution is -0.155. The van der Waals surface area contributed by atoms with Crippen molar-refractivity contribution in [1.29, 1.82) is 0 Å². The molecule has 1 heterocycles. The zero-order chi connectivity index (χ0) is 17.9. The van der Waals surface area contributed by atoms with Crippen LogP contribution in [0.4, 0.5) is 0 Å². The highest BCUT2D eigenvalue weighted by atomic mass is 16.7. The van der Waals surface area contributed by atoms with Gasteiger partial charge in [-0.15, -0.1) is 0 Å². The van der Waals surface area contributed by atoms with E-state index in [0.29, 0.717) is 0 Å². The van der Waals surface area contributed by atoms with Gasteiger partial charge in [0.15, 0.2) is 0 Å². The van der Waals surface area contributed by atoms with Gasteiger partial charge in [0.1, 0.15) is 0 Å². The van der Waals surface area contributed by atoms with E-state index in [2.05, 4.69) is 45.9 Å². The van der Waals surface area contributed by atoms with Gasteiger partial charge in [-0.25, -0.2) is 4.79 Å². The lowest BCUT2D eigenvalue weighted by Gasteiger charge is -2.11. The molecule has 0 aromatic heterocycles. The van der Waals surface area contributed by atoms with Crippen LogP contribution in [0.1, 0.15) is 66.2 Å².